The van der Waals surface area contributed by atoms with Crippen molar-refractivity contribution >= 4 is 28.9 Å². The van der Waals surface area contributed by atoms with Gasteiger partial charge < -0.3 is 24.6 Å². The topological polar surface area (TPSA) is 54.0 Å². The zero-order valence-electron chi connectivity index (χ0n) is 17.9. The van der Waals surface area contributed by atoms with E-state index in [0.717, 1.165) is 44.7 Å². The van der Waals surface area contributed by atoms with E-state index in [4.69, 9.17) is 21.1 Å². The molecule has 1 aliphatic heterocycles. The molecule has 1 N–H and O–H groups in total. The smallest absolute Gasteiger partial charge is 0.255 e. The molecule has 2 aromatic carbocycles. The van der Waals surface area contributed by atoms with Gasteiger partial charge in [0, 0.05) is 36.8 Å². The minimum Gasteiger partial charge on any atom is -0.493 e. The number of likely N-dealkylation sites (N-methyl/N-ethyl adjacent to an activating group) is 1. The van der Waals surface area contributed by atoms with Crippen molar-refractivity contribution in [2.45, 2.75) is 19.8 Å². The molecule has 0 aromatic heterocycles. The summed E-state index contributed by atoms with van der Waals surface area (Å²) in [6.45, 7) is 6.49. The average Bonchev–Trinajstić information content (AvgIpc) is 2.75. The SMILES string of the molecule is CCCCOc1ccc(C(=O)Nc2cc(Cl)ccc2N2CCN(C)CC2)cc1OC. The Bertz CT molecular complexity index is 867. The van der Waals surface area contributed by atoms with E-state index in [-0.39, 0.29) is 5.91 Å². The van der Waals surface area contributed by atoms with E-state index in [1.54, 1.807) is 31.4 Å². The number of carbonyl (C=O) groups is 1. The molecule has 1 amide bonds. The predicted octanol–water partition coefficient (Wildman–Crippen LogP) is 4.53. The molecule has 0 aliphatic carbocycles. The second-order valence-electron chi connectivity index (χ2n) is 7.47. The predicted molar refractivity (Wildman–Crippen MR) is 123 cm³/mol. The van der Waals surface area contributed by atoms with Gasteiger partial charge in [0.05, 0.1) is 25.1 Å². The quantitative estimate of drug-likeness (QED) is 0.622. The van der Waals surface area contributed by atoms with E-state index in [1.165, 1.54) is 0 Å². The Morgan fingerprint density at radius 2 is 1.87 bits per heavy atom. The molecule has 2 aromatic rings. The van der Waals surface area contributed by atoms with Crippen LogP contribution in [0.2, 0.25) is 5.02 Å². The number of nitrogens with one attached hydrogen (secondary N) is 1. The largest absolute Gasteiger partial charge is 0.493 e. The number of rotatable bonds is 8. The third-order valence-corrected chi connectivity index (χ3v) is 5.47. The molecule has 0 radical (unpaired) electrons. The molecule has 6 nitrogen and oxygen atoms in total. The Hall–Kier alpha value is -2.44. The van der Waals surface area contributed by atoms with Crippen molar-refractivity contribution in [1.82, 2.24) is 4.90 Å². The van der Waals surface area contributed by atoms with Gasteiger partial charge in [0.25, 0.3) is 5.91 Å². The third-order valence-electron chi connectivity index (χ3n) is 5.23. The van der Waals surface area contributed by atoms with Gasteiger partial charge >= 0.3 is 0 Å². The number of anilines is 2. The fourth-order valence-electron chi connectivity index (χ4n) is 3.38. The monoisotopic (exact) mass is 431 g/mol. The molecule has 1 fully saturated rings. The summed E-state index contributed by atoms with van der Waals surface area (Å²) in [7, 11) is 3.69. The molecule has 162 valence electrons. The van der Waals surface area contributed by atoms with E-state index >= 15 is 0 Å². The molecule has 3 rings (SSSR count). The Kier molecular flexibility index (Phi) is 7.82. The first kappa shape index (κ1) is 22.2. The summed E-state index contributed by atoms with van der Waals surface area (Å²) in [4.78, 5) is 17.5. The van der Waals surface area contributed by atoms with Gasteiger partial charge in [-0.3, -0.25) is 4.79 Å². The maximum atomic E-state index is 13.0. The number of halogens is 1. The molecule has 0 unspecified atom stereocenters. The lowest BCUT2D eigenvalue weighted by atomic mass is 10.1. The van der Waals surface area contributed by atoms with Crippen LogP contribution in [-0.4, -0.2) is 57.8 Å². The number of hydrogen-bond acceptors (Lipinski definition) is 5. The summed E-state index contributed by atoms with van der Waals surface area (Å²) >= 11 is 6.22. The molecule has 1 aliphatic rings. The summed E-state index contributed by atoms with van der Waals surface area (Å²) in [5.74, 6) is 0.971. The van der Waals surface area contributed by atoms with Crippen LogP contribution in [0, 0.1) is 0 Å². The van der Waals surface area contributed by atoms with Crippen molar-refractivity contribution < 1.29 is 14.3 Å². The lowest BCUT2D eigenvalue weighted by Crippen LogP contribution is -2.44. The van der Waals surface area contributed by atoms with Gasteiger partial charge in [0.2, 0.25) is 0 Å². The van der Waals surface area contributed by atoms with Gasteiger partial charge in [-0.1, -0.05) is 24.9 Å². The van der Waals surface area contributed by atoms with E-state index in [9.17, 15) is 4.79 Å². The van der Waals surface area contributed by atoms with Crippen LogP contribution in [0.3, 0.4) is 0 Å². The van der Waals surface area contributed by atoms with Gasteiger partial charge in [0.15, 0.2) is 11.5 Å². The Morgan fingerprint density at radius 3 is 2.57 bits per heavy atom. The molecule has 0 spiro atoms. The van der Waals surface area contributed by atoms with E-state index < -0.39 is 0 Å². The highest BCUT2D eigenvalue weighted by Crippen LogP contribution is 2.32. The van der Waals surface area contributed by atoms with Gasteiger partial charge in [0.1, 0.15) is 0 Å². The number of unbranched alkanes of at least 4 members (excludes halogenated alkanes) is 1. The summed E-state index contributed by atoms with van der Waals surface area (Å²) in [5.41, 5.74) is 2.19. The highest BCUT2D eigenvalue weighted by Gasteiger charge is 2.19. The minimum absolute atomic E-state index is 0.217. The lowest BCUT2D eigenvalue weighted by molar-refractivity contribution is 0.102. The third kappa shape index (κ3) is 5.58. The molecule has 0 atom stereocenters. The summed E-state index contributed by atoms with van der Waals surface area (Å²) in [6.07, 6.45) is 2.02. The van der Waals surface area contributed by atoms with Crippen LogP contribution in [0.25, 0.3) is 0 Å². The normalized spacial score (nSPS) is 14.5. The zero-order chi connectivity index (χ0) is 21.5. The van der Waals surface area contributed by atoms with Crippen molar-refractivity contribution in [3.05, 3.63) is 47.0 Å². The first-order valence-electron chi connectivity index (χ1n) is 10.4. The van der Waals surface area contributed by atoms with E-state index in [2.05, 4.69) is 29.1 Å². The van der Waals surface area contributed by atoms with Gasteiger partial charge in [-0.25, -0.2) is 0 Å². The highest BCUT2D eigenvalue weighted by molar-refractivity contribution is 6.31. The standard InChI is InChI=1S/C23H30ClN3O3/c1-4-5-14-30-21-9-6-17(15-22(21)29-3)23(28)25-19-16-18(24)7-8-20(19)27-12-10-26(2)11-13-27/h6-9,15-16H,4-5,10-14H2,1-3H3,(H,25,28). The molecular weight excluding hydrogens is 402 g/mol. The maximum Gasteiger partial charge on any atom is 0.255 e. The van der Waals surface area contributed by atoms with Crippen molar-refractivity contribution in [2.75, 3.05) is 57.2 Å². The van der Waals surface area contributed by atoms with Gasteiger partial charge in [-0.2, -0.15) is 0 Å². The van der Waals surface area contributed by atoms with Crippen molar-refractivity contribution in [3.63, 3.8) is 0 Å². The first-order chi connectivity index (χ1) is 14.5. The van der Waals surface area contributed by atoms with Crippen molar-refractivity contribution in [3.8, 4) is 11.5 Å². The molecule has 1 heterocycles. The number of ether oxygens (including phenoxy) is 2. The lowest BCUT2D eigenvalue weighted by Gasteiger charge is -2.35. The Labute approximate surface area is 183 Å². The number of carbonyl (C=O) groups excluding carboxylic acids is 1. The molecule has 1 saturated heterocycles. The van der Waals surface area contributed by atoms with Gasteiger partial charge in [-0.05, 0) is 49.9 Å². The van der Waals surface area contributed by atoms with E-state index in [1.807, 2.05) is 12.1 Å². The van der Waals surface area contributed by atoms with Crippen LogP contribution in [0.15, 0.2) is 36.4 Å². The van der Waals surface area contributed by atoms with Crippen LogP contribution in [0.5, 0.6) is 11.5 Å². The molecule has 7 heteroatoms. The summed E-state index contributed by atoms with van der Waals surface area (Å²) in [6, 6.07) is 10.9. The van der Waals surface area contributed by atoms with E-state index in [0.29, 0.717) is 34.4 Å². The number of piperazine rings is 1. The Balaban J connectivity index is 1.78. The minimum atomic E-state index is -0.217. The first-order valence-corrected chi connectivity index (χ1v) is 10.7. The van der Waals surface area contributed by atoms with Crippen molar-refractivity contribution in [1.29, 1.82) is 0 Å². The molecule has 30 heavy (non-hydrogen) atoms. The number of benzene rings is 2. The number of nitrogens with zero attached hydrogens (tertiary/aromatic N) is 2. The van der Waals surface area contributed by atoms with Crippen LogP contribution < -0.4 is 19.7 Å². The Morgan fingerprint density at radius 1 is 1.10 bits per heavy atom. The molecular formula is C23H30ClN3O3. The second-order valence-corrected chi connectivity index (χ2v) is 7.91. The maximum absolute atomic E-state index is 13.0. The zero-order valence-corrected chi connectivity index (χ0v) is 18.7. The van der Waals surface area contributed by atoms with Crippen LogP contribution in [-0.2, 0) is 0 Å². The number of amides is 1. The highest BCUT2D eigenvalue weighted by atomic mass is 35.5. The fourth-order valence-corrected chi connectivity index (χ4v) is 3.55. The second kappa shape index (κ2) is 10.5. The van der Waals surface area contributed by atoms with Crippen LogP contribution in [0.1, 0.15) is 30.1 Å². The molecule has 0 bridgehead atoms. The van der Waals surface area contributed by atoms with Gasteiger partial charge in [-0.15, -0.1) is 0 Å². The number of hydrogen-bond donors (Lipinski definition) is 1. The van der Waals surface area contributed by atoms with Crippen LogP contribution >= 0.6 is 11.6 Å². The van der Waals surface area contributed by atoms with Crippen LogP contribution in [0.4, 0.5) is 11.4 Å². The molecule has 0 saturated carbocycles. The summed E-state index contributed by atoms with van der Waals surface area (Å²) < 4.78 is 11.2. The number of methoxy groups -OCH3 is 1. The fraction of sp³-hybridized carbons (Fsp3) is 0.435. The average molecular weight is 432 g/mol. The summed E-state index contributed by atoms with van der Waals surface area (Å²) in [5, 5.41) is 3.61. The van der Waals surface area contributed by atoms with Crippen molar-refractivity contribution in [2.24, 2.45) is 0 Å².